The van der Waals surface area contributed by atoms with Crippen molar-refractivity contribution in [2.75, 3.05) is 20.2 Å². The molecule has 0 aromatic rings. The molecule has 2 fully saturated rings. The number of hydrogen-bond donors (Lipinski definition) is 1. The van der Waals surface area contributed by atoms with Gasteiger partial charge in [-0.2, -0.15) is 13.2 Å². The van der Waals surface area contributed by atoms with Crippen molar-refractivity contribution in [1.29, 1.82) is 0 Å². The summed E-state index contributed by atoms with van der Waals surface area (Å²) in [6.07, 6.45) is 0.195. The lowest BCUT2D eigenvalue weighted by molar-refractivity contribution is -0.158. The quantitative estimate of drug-likeness (QED) is 0.629. The van der Waals surface area contributed by atoms with E-state index >= 15 is 0 Å². The van der Waals surface area contributed by atoms with Crippen LogP contribution in [0.25, 0.3) is 0 Å². The van der Waals surface area contributed by atoms with Crippen LogP contribution in [0.4, 0.5) is 13.2 Å². The number of ether oxygens (including phenoxy) is 1. The van der Waals surface area contributed by atoms with Gasteiger partial charge in [0.15, 0.2) is 0 Å². The van der Waals surface area contributed by atoms with Crippen LogP contribution in [0.5, 0.6) is 0 Å². The predicted molar refractivity (Wildman–Crippen MR) is 76.6 cm³/mol. The highest BCUT2D eigenvalue weighted by Gasteiger charge is 2.41. The van der Waals surface area contributed by atoms with Gasteiger partial charge in [0.2, 0.25) is 5.91 Å². The second kappa shape index (κ2) is 7.51. The Morgan fingerprint density at radius 2 is 1.96 bits per heavy atom. The summed E-state index contributed by atoms with van der Waals surface area (Å²) >= 11 is 0. The summed E-state index contributed by atoms with van der Waals surface area (Å²) in [5.74, 6) is -1.19. The number of alkyl halides is 3. The van der Waals surface area contributed by atoms with Crippen molar-refractivity contribution in [3.05, 3.63) is 0 Å². The summed E-state index contributed by atoms with van der Waals surface area (Å²) in [5.41, 5.74) is 0. The van der Waals surface area contributed by atoms with Crippen LogP contribution in [0.1, 0.15) is 38.5 Å². The molecule has 1 aliphatic heterocycles. The highest BCUT2D eigenvalue weighted by molar-refractivity contribution is 5.84. The molecular formula is C15H23F3N2O3. The largest absolute Gasteiger partial charge is 0.469 e. The van der Waals surface area contributed by atoms with Crippen molar-refractivity contribution in [2.24, 2.45) is 5.92 Å². The van der Waals surface area contributed by atoms with E-state index in [2.05, 4.69) is 5.32 Å². The maximum absolute atomic E-state index is 12.5. The Bertz CT molecular complexity index is 442. The minimum Gasteiger partial charge on any atom is -0.469 e. The van der Waals surface area contributed by atoms with Crippen LogP contribution in [-0.2, 0) is 14.3 Å². The lowest BCUT2D eigenvalue weighted by Crippen LogP contribution is -2.49. The first-order chi connectivity index (χ1) is 10.8. The number of carbonyl (C=O) groups is 2. The lowest BCUT2D eigenvalue weighted by atomic mass is 9.94. The van der Waals surface area contributed by atoms with E-state index in [1.54, 1.807) is 0 Å². The van der Waals surface area contributed by atoms with Gasteiger partial charge in [0, 0.05) is 12.6 Å². The van der Waals surface area contributed by atoms with Crippen LogP contribution >= 0.6 is 0 Å². The summed E-state index contributed by atoms with van der Waals surface area (Å²) in [6, 6.07) is -0.864. The summed E-state index contributed by atoms with van der Waals surface area (Å²) < 4.78 is 42.2. The third kappa shape index (κ3) is 4.83. The average Bonchev–Trinajstić information content (AvgIpc) is 2.69. The summed E-state index contributed by atoms with van der Waals surface area (Å²) in [7, 11) is 1.33. The normalized spacial score (nSPS) is 29.5. The molecule has 0 aromatic carbocycles. The standard InChI is InChI=1S/C15H23F3N2O3/c1-23-14(22)10-5-3-2-4-6-11(10)19-12-7-8-20(13(12)21)9-15(16,17)18/h10-12,19H,2-9H2,1H3. The number of carbonyl (C=O) groups excluding carboxylic acids is 2. The first-order valence-electron chi connectivity index (χ1n) is 8.01. The van der Waals surface area contributed by atoms with Crippen LogP contribution in [0.3, 0.4) is 0 Å². The molecule has 23 heavy (non-hydrogen) atoms. The van der Waals surface area contributed by atoms with Crippen LogP contribution < -0.4 is 5.32 Å². The van der Waals surface area contributed by atoms with E-state index in [9.17, 15) is 22.8 Å². The Kier molecular flexibility index (Phi) is 5.89. The van der Waals surface area contributed by atoms with Crippen molar-refractivity contribution < 1.29 is 27.5 Å². The first-order valence-corrected chi connectivity index (χ1v) is 8.01. The summed E-state index contributed by atoms with van der Waals surface area (Å²) in [6.45, 7) is -1.12. The molecule has 5 nitrogen and oxygen atoms in total. The monoisotopic (exact) mass is 336 g/mol. The molecule has 0 radical (unpaired) electrons. The molecule has 3 atom stereocenters. The number of amides is 1. The average molecular weight is 336 g/mol. The molecule has 0 bridgehead atoms. The topological polar surface area (TPSA) is 58.6 Å². The van der Waals surface area contributed by atoms with Gasteiger partial charge in [0.05, 0.1) is 19.1 Å². The van der Waals surface area contributed by atoms with Crippen LogP contribution in [-0.4, -0.2) is 55.2 Å². The second-order valence-electron chi connectivity index (χ2n) is 6.26. The van der Waals surface area contributed by atoms with Gasteiger partial charge >= 0.3 is 12.1 Å². The second-order valence-corrected chi connectivity index (χ2v) is 6.26. The molecule has 2 aliphatic rings. The van der Waals surface area contributed by atoms with E-state index in [0.717, 1.165) is 30.6 Å². The molecule has 8 heteroatoms. The van der Waals surface area contributed by atoms with Gasteiger partial charge in [-0.15, -0.1) is 0 Å². The van der Waals surface area contributed by atoms with Crippen molar-refractivity contribution in [2.45, 2.75) is 56.8 Å². The van der Waals surface area contributed by atoms with Crippen LogP contribution in [0.15, 0.2) is 0 Å². The fraction of sp³-hybridized carbons (Fsp3) is 0.867. The molecule has 1 saturated carbocycles. The highest BCUT2D eigenvalue weighted by atomic mass is 19.4. The van der Waals surface area contributed by atoms with Gasteiger partial charge in [0.25, 0.3) is 0 Å². The summed E-state index contributed by atoms with van der Waals surface area (Å²) in [5, 5.41) is 3.13. The van der Waals surface area contributed by atoms with Crippen molar-refractivity contribution in [3.63, 3.8) is 0 Å². The summed E-state index contributed by atoms with van der Waals surface area (Å²) in [4.78, 5) is 24.9. The number of hydrogen-bond acceptors (Lipinski definition) is 4. The number of nitrogens with one attached hydrogen (secondary N) is 1. The number of esters is 1. The van der Waals surface area contributed by atoms with Gasteiger partial charge in [-0.3, -0.25) is 9.59 Å². The molecule has 1 aliphatic carbocycles. The Morgan fingerprint density at radius 3 is 2.61 bits per heavy atom. The smallest absolute Gasteiger partial charge is 0.406 e. The van der Waals surface area contributed by atoms with Crippen molar-refractivity contribution in [1.82, 2.24) is 10.2 Å². The number of nitrogens with zero attached hydrogens (tertiary/aromatic N) is 1. The molecule has 1 N–H and O–H groups in total. The SMILES string of the molecule is COC(=O)C1CCCCCC1NC1CCN(CC(F)(F)F)C1=O. The van der Waals surface area contributed by atoms with Gasteiger partial charge in [-0.25, -0.2) is 0 Å². The Balaban J connectivity index is 1.99. The number of likely N-dealkylation sites (tertiary alicyclic amines) is 1. The molecule has 2 rings (SSSR count). The van der Waals surface area contributed by atoms with Crippen LogP contribution in [0, 0.1) is 5.92 Å². The zero-order valence-electron chi connectivity index (χ0n) is 13.2. The Morgan fingerprint density at radius 1 is 1.26 bits per heavy atom. The maximum atomic E-state index is 12.5. The van der Waals surface area contributed by atoms with E-state index in [1.165, 1.54) is 7.11 Å². The zero-order valence-corrected chi connectivity index (χ0v) is 13.2. The Labute approximate surface area is 133 Å². The zero-order chi connectivity index (χ0) is 17.0. The van der Waals surface area contributed by atoms with Gasteiger partial charge in [0.1, 0.15) is 6.54 Å². The molecule has 0 aromatic heterocycles. The highest BCUT2D eigenvalue weighted by Crippen LogP contribution is 2.27. The number of methoxy groups -OCH3 is 1. The van der Waals surface area contributed by atoms with E-state index in [0.29, 0.717) is 12.8 Å². The maximum Gasteiger partial charge on any atom is 0.406 e. The van der Waals surface area contributed by atoms with Crippen molar-refractivity contribution in [3.8, 4) is 0 Å². The molecular weight excluding hydrogens is 313 g/mol. The number of halogens is 3. The minimum absolute atomic E-state index is 0.0889. The molecule has 132 valence electrons. The van der Waals surface area contributed by atoms with Crippen molar-refractivity contribution >= 4 is 11.9 Å². The predicted octanol–water partition coefficient (Wildman–Crippen LogP) is 1.86. The molecule has 1 amide bonds. The van der Waals surface area contributed by atoms with E-state index in [-0.39, 0.29) is 24.5 Å². The van der Waals surface area contributed by atoms with E-state index in [4.69, 9.17) is 4.74 Å². The van der Waals surface area contributed by atoms with Gasteiger partial charge in [-0.1, -0.05) is 19.3 Å². The Hall–Kier alpha value is -1.31. The van der Waals surface area contributed by atoms with Crippen LogP contribution in [0.2, 0.25) is 0 Å². The number of rotatable bonds is 4. The first kappa shape index (κ1) is 18.0. The lowest BCUT2D eigenvalue weighted by Gasteiger charge is -2.27. The van der Waals surface area contributed by atoms with Gasteiger partial charge < -0.3 is 15.0 Å². The molecule has 1 heterocycles. The minimum atomic E-state index is -4.39. The van der Waals surface area contributed by atoms with Gasteiger partial charge in [-0.05, 0) is 19.3 Å². The molecule has 0 spiro atoms. The third-order valence-corrected chi connectivity index (χ3v) is 4.60. The fourth-order valence-corrected chi connectivity index (χ4v) is 3.47. The van der Waals surface area contributed by atoms with E-state index in [1.807, 2.05) is 0 Å². The third-order valence-electron chi connectivity index (χ3n) is 4.60. The molecule has 1 saturated heterocycles. The fourth-order valence-electron chi connectivity index (χ4n) is 3.47. The molecule has 3 unspecified atom stereocenters. The van der Waals surface area contributed by atoms with E-state index < -0.39 is 24.7 Å².